The van der Waals surface area contributed by atoms with E-state index in [0.29, 0.717) is 18.9 Å². The van der Waals surface area contributed by atoms with Gasteiger partial charge in [0.25, 0.3) is 0 Å². The van der Waals surface area contributed by atoms with Crippen LogP contribution in [0.5, 0.6) is 0 Å². The highest BCUT2D eigenvalue weighted by atomic mass is 16.6. The van der Waals surface area contributed by atoms with Crippen LogP contribution in [0.2, 0.25) is 0 Å². The molecule has 0 radical (unpaired) electrons. The van der Waals surface area contributed by atoms with Crippen molar-refractivity contribution in [2.45, 2.75) is 65.5 Å². The maximum Gasteiger partial charge on any atom is 0.410 e. The summed E-state index contributed by atoms with van der Waals surface area (Å²) in [5, 5.41) is 0. The predicted molar refractivity (Wildman–Crippen MR) is 80.9 cm³/mol. The van der Waals surface area contributed by atoms with Crippen LogP contribution < -0.4 is 0 Å². The molecular formula is C16H29NO4. The molecule has 5 nitrogen and oxygen atoms in total. The quantitative estimate of drug-likeness (QED) is 0.751. The van der Waals surface area contributed by atoms with Crippen LogP contribution in [0, 0.1) is 11.8 Å². The largest absolute Gasteiger partial charge is 0.469 e. The number of likely N-dealkylation sites (tertiary alicyclic amines) is 1. The molecule has 5 heteroatoms. The number of ether oxygens (including phenoxy) is 2. The van der Waals surface area contributed by atoms with Gasteiger partial charge in [-0.15, -0.1) is 0 Å². The van der Waals surface area contributed by atoms with Crippen molar-refractivity contribution >= 4 is 12.1 Å². The zero-order valence-electron chi connectivity index (χ0n) is 14.1. The van der Waals surface area contributed by atoms with Crippen LogP contribution >= 0.6 is 0 Å². The summed E-state index contributed by atoms with van der Waals surface area (Å²) in [6.07, 6.45) is 1.82. The summed E-state index contributed by atoms with van der Waals surface area (Å²) in [5.74, 6) is 0.440. The lowest BCUT2D eigenvalue weighted by atomic mass is 9.84. The molecule has 0 aliphatic carbocycles. The molecule has 0 saturated carbocycles. The molecule has 122 valence electrons. The van der Waals surface area contributed by atoms with E-state index in [2.05, 4.69) is 13.8 Å². The van der Waals surface area contributed by atoms with E-state index in [1.807, 2.05) is 25.7 Å². The number of carbonyl (C=O) groups excluding carboxylic acids is 2. The molecule has 1 aliphatic rings. The highest BCUT2D eigenvalue weighted by Gasteiger charge is 2.36. The molecule has 0 aromatic rings. The second-order valence-electron chi connectivity index (χ2n) is 7.16. The zero-order chi connectivity index (χ0) is 16.2. The molecule has 21 heavy (non-hydrogen) atoms. The topological polar surface area (TPSA) is 55.8 Å². The third kappa shape index (κ3) is 5.56. The Morgan fingerprint density at radius 3 is 2.38 bits per heavy atom. The maximum absolute atomic E-state index is 12.3. The van der Waals surface area contributed by atoms with Crippen molar-refractivity contribution in [2.24, 2.45) is 11.8 Å². The molecule has 1 amide bonds. The molecule has 0 N–H and O–H groups in total. The third-order valence-corrected chi connectivity index (χ3v) is 3.83. The standard InChI is InChI=1S/C16H29NO4/c1-11(2)13-9-12(10-14(18)20-6)7-8-17(13)15(19)21-16(3,4)5/h11-13H,7-10H2,1-6H3. The van der Waals surface area contributed by atoms with Crippen LogP contribution in [0.3, 0.4) is 0 Å². The fourth-order valence-electron chi connectivity index (χ4n) is 2.76. The highest BCUT2D eigenvalue weighted by molar-refractivity contribution is 5.70. The Morgan fingerprint density at radius 1 is 1.29 bits per heavy atom. The van der Waals surface area contributed by atoms with E-state index in [9.17, 15) is 9.59 Å². The first kappa shape index (κ1) is 17.8. The second-order valence-corrected chi connectivity index (χ2v) is 7.16. The molecule has 1 fully saturated rings. The number of methoxy groups -OCH3 is 1. The number of carbonyl (C=O) groups is 2. The molecule has 1 saturated heterocycles. The lowest BCUT2D eigenvalue weighted by Gasteiger charge is -2.41. The first-order valence-corrected chi connectivity index (χ1v) is 7.70. The number of hydrogen-bond acceptors (Lipinski definition) is 4. The molecule has 0 bridgehead atoms. The number of esters is 1. The van der Waals surface area contributed by atoms with Crippen molar-refractivity contribution in [2.75, 3.05) is 13.7 Å². The molecule has 1 aliphatic heterocycles. The fraction of sp³-hybridized carbons (Fsp3) is 0.875. The first-order chi connectivity index (χ1) is 9.64. The van der Waals surface area contributed by atoms with Gasteiger partial charge >= 0.3 is 12.1 Å². The Labute approximate surface area is 128 Å². The minimum Gasteiger partial charge on any atom is -0.469 e. The monoisotopic (exact) mass is 299 g/mol. The van der Waals surface area contributed by atoms with Gasteiger partial charge in [-0.25, -0.2) is 4.79 Å². The van der Waals surface area contributed by atoms with Gasteiger partial charge in [0.2, 0.25) is 0 Å². The van der Waals surface area contributed by atoms with Crippen molar-refractivity contribution in [1.82, 2.24) is 4.90 Å². The van der Waals surface area contributed by atoms with Gasteiger partial charge in [-0.2, -0.15) is 0 Å². The van der Waals surface area contributed by atoms with Crippen LogP contribution in [-0.4, -0.2) is 42.3 Å². The van der Waals surface area contributed by atoms with E-state index in [0.717, 1.165) is 12.8 Å². The average Bonchev–Trinajstić information content (AvgIpc) is 2.36. The minimum atomic E-state index is -0.485. The van der Waals surface area contributed by atoms with Gasteiger partial charge < -0.3 is 14.4 Å². The molecule has 1 heterocycles. The minimum absolute atomic E-state index is 0.114. The number of nitrogens with zero attached hydrogens (tertiary/aromatic N) is 1. The molecule has 0 aromatic carbocycles. The predicted octanol–water partition coefficient (Wildman–Crippen LogP) is 3.22. The summed E-state index contributed by atoms with van der Waals surface area (Å²) in [6, 6.07) is 0.114. The van der Waals surface area contributed by atoms with E-state index in [4.69, 9.17) is 9.47 Å². The zero-order valence-corrected chi connectivity index (χ0v) is 14.1. The van der Waals surface area contributed by atoms with Gasteiger partial charge in [-0.3, -0.25) is 4.79 Å². The Balaban J connectivity index is 2.71. The number of piperidine rings is 1. The summed E-state index contributed by atoms with van der Waals surface area (Å²) >= 11 is 0. The number of rotatable bonds is 3. The van der Waals surface area contributed by atoms with Crippen LogP contribution in [0.15, 0.2) is 0 Å². The molecule has 2 unspecified atom stereocenters. The Hall–Kier alpha value is -1.26. The molecule has 1 rings (SSSR count). The van der Waals surface area contributed by atoms with Gasteiger partial charge in [0.15, 0.2) is 0 Å². The van der Waals surface area contributed by atoms with Gasteiger partial charge in [-0.1, -0.05) is 13.8 Å². The molecular weight excluding hydrogens is 270 g/mol. The van der Waals surface area contributed by atoms with E-state index in [1.54, 1.807) is 0 Å². The summed E-state index contributed by atoms with van der Waals surface area (Å²) in [5.41, 5.74) is -0.485. The summed E-state index contributed by atoms with van der Waals surface area (Å²) in [7, 11) is 1.41. The average molecular weight is 299 g/mol. The Kier molecular flexibility index (Phi) is 6.05. The summed E-state index contributed by atoms with van der Waals surface area (Å²) < 4.78 is 10.2. The van der Waals surface area contributed by atoms with Crippen molar-refractivity contribution in [1.29, 1.82) is 0 Å². The van der Waals surface area contributed by atoms with Crippen LogP contribution in [0.4, 0.5) is 4.79 Å². The Morgan fingerprint density at radius 2 is 1.90 bits per heavy atom. The molecule has 0 aromatic heterocycles. The fourth-order valence-corrected chi connectivity index (χ4v) is 2.76. The second kappa shape index (κ2) is 7.14. The lowest BCUT2D eigenvalue weighted by Crippen LogP contribution is -2.50. The van der Waals surface area contributed by atoms with Crippen molar-refractivity contribution < 1.29 is 19.1 Å². The van der Waals surface area contributed by atoms with Crippen LogP contribution in [-0.2, 0) is 14.3 Å². The van der Waals surface area contributed by atoms with E-state index < -0.39 is 5.60 Å². The maximum atomic E-state index is 12.3. The highest BCUT2D eigenvalue weighted by Crippen LogP contribution is 2.31. The van der Waals surface area contributed by atoms with Crippen molar-refractivity contribution in [3.05, 3.63) is 0 Å². The van der Waals surface area contributed by atoms with Gasteiger partial charge in [-0.05, 0) is 45.4 Å². The number of hydrogen-bond donors (Lipinski definition) is 0. The summed E-state index contributed by atoms with van der Waals surface area (Å²) in [6.45, 7) is 10.5. The van der Waals surface area contributed by atoms with Crippen LogP contribution in [0.25, 0.3) is 0 Å². The smallest absolute Gasteiger partial charge is 0.410 e. The van der Waals surface area contributed by atoms with Crippen LogP contribution in [0.1, 0.15) is 53.9 Å². The van der Waals surface area contributed by atoms with E-state index >= 15 is 0 Å². The van der Waals surface area contributed by atoms with E-state index in [-0.39, 0.29) is 24.0 Å². The van der Waals surface area contributed by atoms with Crippen molar-refractivity contribution in [3.63, 3.8) is 0 Å². The lowest BCUT2D eigenvalue weighted by molar-refractivity contribution is -0.142. The SMILES string of the molecule is COC(=O)CC1CCN(C(=O)OC(C)(C)C)C(C(C)C)C1. The summed E-state index contributed by atoms with van der Waals surface area (Å²) in [4.78, 5) is 25.6. The van der Waals surface area contributed by atoms with Crippen molar-refractivity contribution in [3.8, 4) is 0 Å². The Bertz CT molecular complexity index is 373. The number of amides is 1. The normalized spacial score (nSPS) is 23.1. The molecule has 0 spiro atoms. The first-order valence-electron chi connectivity index (χ1n) is 7.70. The van der Waals surface area contributed by atoms with E-state index in [1.165, 1.54) is 7.11 Å². The van der Waals surface area contributed by atoms with Gasteiger partial charge in [0.05, 0.1) is 7.11 Å². The third-order valence-electron chi connectivity index (χ3n) is 3.83. The van der Waals surface area contributed by atoms with Gasteiger partial charge in [0, 0.05) is 19.0 Å². The van der Waals surface area contributed by atoms with Gasteiger partial charge in [0.1, 0.15) is 5.60 Å². The molecule has 2 atom stereocenters.